The number of urea groups is 1. The van der Waals surface area contributed by atoms with E-state index in [2.05, 4.69) is 20.4 Å². The van der Waals surface area contributed by atoms with E-state index in [-0.39, 0.29) is 11.9 Å². The first-order valence-electron chi connectivity index (χ1n) is 7.54. The minimum Gasteiger partial charge on any atom is -0.339 e. The maximum atomic E-state index is 11.8. The summed E-state index contributed by atoms with van der Waals surface area (Å²) in [7, 11) is 0. The molecular formula is C15H19N5O2. The molecule has 0 radical (unpaired) electrons. The van der Waals surface area contributed by atoms with Crippen molar-refractivity contribution in [3.63, 3.8) is 0 Å². The Morgan fingerprint density at radius 2 is 2.09 bits per heavy atom. The average Bonchev–Trinajstić information content (AvgIpc) is 3.06. The van der Waals surface area contributed by atoms with Gasteiger partial charge < -0.3 is 14.7 Å². The van der Waals surface area contributed by atoms with Crippen molar-refractivity contribution >= 4 is 6.03 Å². The van der Waals surface area contributed by atoms with Gasteiger partial charge in [0.25, 0.3) is 0 Å². The maximum Gasteiger partial charge on any atom is 0.317 e. The number of likely N-dealkylation sites (tertiary alicyclic amines) is 1. The van der Waals surface area contributed by atoms with Crippen molar-refractivity contribution < 1.29 is 9.32 Å². The Morgan fingerprint density at radius 3 is 2.77 bits per heavy atom. The van der Waals surface area contributed by atoms with Gasteiger partial charge in [-0.05, 0) is 31.9 Å². The normalized spacial score (nSPS) is 15.8. The fourth-order valence-corrected chi connectivity index (χ4v) is 2.61. The zero-order chi connectivity index (χ0) is 15.4. The Balaban J connectivity index is 1.63. The number of carbonyl (C=O) groups is 1. The number of hydrogen-bond acceptors (Lipinski definition) is 5. The SMILES string of the molecule is CCNC(=O)N1CCC(c2nc(-c3ccncc3)no2)CC1. The molecule has 1 N–H and O–H groups in total. The van der Waals surface area contributed by atoms with Gasteiger partial charge >= 0.3 is 6.03 Å². The van der Waals surface area contributed by atoms with Crippen LogP contribution < -0.4 is 5.32 Å². The van der Waals surface area contributed by atoms with Crippen LogP contribution in [0.25, 0.3) is 11.4 Å². The Kier molecular flexibility index (Phi) is 4.32. The summed E-state index contributed by atoms with van der Waals surface area (Å²) in [6.07, 6.45) is 5.09. The van der Waals surface area contributed by atoms with Crippen LogP contribution in [-0.4, -0.2) is 45.7 Å². The number of amides is 2. The molecule has 0 saturated carbocycles. The lowest BCUT2D eigenvalue weighted by atomic mass is 9.97. The number of nitrogens with one attached hydrogen (secondary N) is 1. The molecule has 3 rings (SSSR count). The fraction of sp³-hybridized carbons (Fsp3) is 0.467. The number of carbonyl (C=O) groups excluding carboxylic acids is 1. The Hall–Kier alpha value is -2.44. The van der Waals surface area contributed by atoms with Crippen LogP contribution in [0.4, 0.5) is 4.79 Å². The molecule has 2 amide bonds. The summed E-state index contributed by atoms with van der Waals surface area (Å²) in [6, 6.07) is 3.71. The van der Waals surface area contributed by atoms with Crippen molar-refractivity contribution in [2.75, 3.05) is 19.6 Å². The van der Waals surface area contributed by atoms with Gasteiger partial charge in [-0.1, -0.05) is 5.16 Å². The minimum atomic E-state index is 0.00366. The number of rotatable bonds is 3. The molecule has 0 aliphatic carbocycles. The summed E-state index contributed by atoms with van der Waals surface area (Å²) >= 11 is 0. The van der Waals surface area contributed by atoms with Gasteiger partial charge in [0, 0.05) is 43.5 Å². The predicted molar refractivity (Wildman–Crippen MR) is 80.1 cm³/mol. The molecule has 1 aliphatic rings. The third-order valence-electron chi connectivity index (χ3n) is 3.84. The minimum absolute atomic E-state index is 0.00366. The summed E-state index contributed by atoms with van der Waals surface area (Å²) in [5.41, 5.74) is 0.893. The summed E-state index contributed by atoms with van der Waals surface area (Å²) in [5.74, 6) is 1.46. The molecule has 22 heavy (non-hydrogen) atoms. The second kappa shape index (κ2) is 6.55. The Morgan fingerprint density at radius 1 is 1.36 bits per heavy atom. The van der Waals surface area contributed by atoms with Crippen molar-refractivity contribution in [3.05, 3.63) is 30.4 Å². The molecule has 1 aliphatic heterocycles. The first kappa shape index (κ1) is 14.5. The summed E-state index contributed by atoms with van der Waals surface area (Å²) in [4.78, 5) is 22.1. The van der Waals surface area contributed by atoms with Crippen LogP contribution in [0.2, 0.25) is 0 Å². The fourth-order valence-electron chi connectivity index (χ4n) is 2.61. The lowest BCUT2D eigenvalue weighted by Crippen LogP contribution is -2.44. The Bertz CT molecular complexity index is 620. The molecule has 0 atom stereocenters. The number of nitrogens with zero attached hydrogens (tertiary/aromatic N) is 4. The van der Waals surface area contributed by atoms with Crippen LogP contribution in [0.5, 0.6) is 0 Å². The molecule has 116 valence electrons. The summed E-state index contributed by atoms with van der Waals surface area (Å²) in [6.45, 7) is 3.99. The number of pyridine rings is 1. The Labute approximate surface area is 128 Å². The molecule has 7 heteroatoms. The summed E-state index contributed by atoms with van der Waals surface area (Å²) in [5, 5.41) is 6.86. The third kappa shape index (κ3) is 3.08. The number of hydrogen-bond donors (Lipinski definition) is 1. The van der Waals surface area contributed by atoms with E-state index in [1.54, 1.807) is 12.4 Å². The molecule has 2 aromatic heterocycles. The van der Waals surface area contributed by atoms with Crippen LogP contribution in [0.3, 0.4) is 0 Å². The highest BCUT2D eigenvalue weighted by atomic mass is 16.5. The van der Waals surface area contributed by atoms with Crippen LogP contribution in [0.1, 0.15) is 31.6 Å². The van der Waals surface area contributed by atoms with Gasteiger partial charge in [0.15, 0.2) is 0 Å². The van der Waals surface area contributed by atoms with Crippen molar-refractivity contribution in [2.24, 2.45) is 0 Å². The van der Waals surface area contributed by atoms with Crippen molar-refractivity contribution in [3.8, 4) is 11.4 Å². The summed E-state index contributed by atoms with van der Waals surface area (Å²) < 4.78 is 5.40. The van der Waals surface area contributed by atoms with E-state index in [0.717, 1.165) is 18.4 Å². The lowest BCUT2D eigenvalue weighted by molar-refractivity contribution is 0.176. The molecule has 0 aromatic carbocycles. The molecule has 0 bridgehead atoms. The number of aromatic nitrogens is 3. The van der Waals surface area contributed by atoms with E-state index in [9.17, 15) is 4.79 Å². The standard InChI is InChI=1S/C15H19N5O2/c1-2-17-15(21)20-9-5-12(6-10-20)14-18-13(19-22-14)11-3-7-16-8-4-11/h3-4,7-8,12H,2,5-6,9-10H2,1H3,(H,17,21). The van der Waals surface area contributed by atoms with Gasteiger partial charge in [0.05, 0.1) is 0 Å². The van der Waals surface area contributed by atoms with Crippen LogP contribution in [-0.2, 0) is 0 Å². The van der Waals surface area contributed by atoms with E-state index in [1.165, 1.54) is 0 Å². The van der Waals surface area contributed by atoms with Crippen molar-refractivity contribution in [2.45, 2.75) is 25.7 Å². The van der Waals surface area contributed by atoms with Crippen molar-refractivity contribution in [1.82, 2.24) is 25.3 Å². The lowest BCUT2D eigenvalue weighted by Gasteiger charge is -2.30. The molecular weight excluding hydrogens is 282 g/mol. The highest BCUT2D eigenvalue weighted by molar-refractivity contribution is 5.74. The number of piperidine rings is 1. The van der Waals surface area contributed by atoms with Gasteiger partial charge in [0.2, 0.25) is 11.7 Å². The van der Waals surface area contributed by atoms with Gasteiger partial charge in [-0.25, -0.2) is 4.79 Å². The maximum absolute atomic E-state index is 11.8. The third-order valence-corrected chi connectivity index (χ3v) is 3.84. The monoisotopic (exact) mass is 301 g/mol. The van der Waals surface area contributed by atoms with Crippen LogP contribution in [0.15, 0.2) is 29.0 Å². The van der Waals surface area contributed by atoms with Gasteiger partial charge in [0.1, 0.15) is 0 Å². The zero-order valence-electron chi connectivity index (χ0n) is 12.5. The van der Waals surface area contributed by atoms with Gasteiger partial charge in [-0.3, -0.25) is 4.98 Å². The van der Waals surface area contributed by atoms with E-state index in [1.807, 2.05) is 24.0 Å². The largest absolute Gasteiger partial charge is 0.339 e. The first-order chi connectivity index (χ1) is 10.8. The quantitative estimate of drug-likeness (QED) is 0.937. The molecule has 1 fully saturated rings. The highest BCUT2D eigenvalue weighted by Gasteiger charge is 2.27. The second-order valence-corrected chi connectivity index (χ2v) is 5.29. The van der Waals surface area contributed by atoms with Crippen LogP contribution >= 0.6 is 0 Å². The second-order valence-electron chi connectivity index (χ2n) is 5.29. The molecule has 3 heterocycles. The predicted octanol–water partition coefficient (Wildman–Crippen LogP) is 2.04. The van der Waals surface area contributed by atoms with Crippen LogP contribution in [0, 0.1) is 0 Å². The van der Waals surface area contributed by atoms with Crippen molar-refractivity contribution in [1.29, 1.82) is 0 Å². The first-order valence-corrected chi connectivity index (χ1v) is 7.54. The van der Waals surface area contributed by atoms with Gasteiger partial charge in [-0.2, -0.15) is 4.98 Å². The van der Waals surface area contributed by atoms with E-state index >= 15 is 0 Å². The highest BCUT2D eigenvalue weighted by Crippen LogP contribution is 2.28. The van der Waals surface area contributed by atoms with E-state index in [0.29, 0.717) is 31.3 Å². The topological polar surface area (TPSA) is 84.2 Å². The van der Waals surface area contributed by atoms with E-state index in [4.69, 9.17) is 4.52 Å². The average molecular weight is 301 g/mol. The molecule has 7 nitrogen and oxygen atoms in total. The molecule has 2 aromatic rings. The molecule has 1 saturated heterocycles. The molecule has 0 unspecified atom stereocenters. The zero-order valence-corrected chi connectivity index (χ0v) is 12.5. The van der Waals surface area contributed by atoms with Gasteiger partial charge in [-0.15, -0.1) is 0 Å². The molecule has 0 spiro atoms. The van der Waals surface area contributed by atoms with E-state index < -0.39 is 0 Å². The smallest absolute Gasteiger partial charge is 0.317 e.